The molecule has 0 saturated heterocycles. The molecule has 4 heterocycles. The lowest BCUT2D eigenvalue weighted by molar-refractivity contribution is -0.137. The average molecular weight is 490 g/mol. The Morgan fingerprint density at radius 1 is 1.29 bits per heavy atom. The molecule has 35 heavy (non-hydrogen) atoms. The zero-order valence-electron chi connectivity index (χ0n) is 19.7. The van der Waals surface area contributed by atoms with Crippen LogP contribution in [0.3, 0.4) is 0 Å². The Morgan fingerprint density at radius 3 is 2.71 bits per heavy atom. The first-order chi connectivity index (χ1) is 16.6. The van der Waals surface area contributed by atoms with E-state index in [0.29, 0.717) is 29.4 Å². The number of aryl methyl sites for hydroxylation is 1. The highest BCUT2D eigenvalue weighted by molar-refractivity contribution is 6.04. The summed E-state index contributed by atoms with van der Waals surface area (Å²) in [5, 5.41) is 10.5. The molecule has 1 unspecified atom stereocenters. The third kappa shape index (κ3) is 5.21. The average Bonchev–Trinajstić information content (AvgIpc) is 3.25. The Morgan fingerprint density at radius 2 is 2.06 bits per heavy atom. The van der Waals surface area contributed by atoms with E-state index in [2.05, 4.69) is 25.7 Å². The molecule has 2 atom stereocenters. The molecule has 0 aromatic carbocycles. The van der Waals surface area contributed by atoms with Crippen LogP contribution in [0, 0.1) is 6.92 Å². The quantitative estimate of drug-likeness (QED) is 0.525. The van der Waals surface area contributed by atoms with Gasteiger partial charge in [0.1, 0.15) is 11.9 Å². The predicted molar refractivity (Wildman–Crippen MR) is 124 cm³/mol. The van der Waals surface area contributed by atoms with Crippen LogP contribution < -0.4 is 15.5 Å². The van der Waals surface area contributed by atoms with Gasteiger partial charge in [0.2, 0.25) is 5.91 Å². The molecule has 0 aliphatic carbocycles. The summed E-state index contributed by atoms with van der Waals surface area (Å²) in [5.41, 5.74) is 2.72. The van der Waals surface area contributed by atoms with Crippen molar-refractivity contribution < 1.29 is 22.7 Å². The highest BCUT2D eigenvalue weighted by Gasteiger charge is 2.36. The van der Waals surface area contributed by atoms with E-state index in [1.807, 2.05) is 31.9 Å². The van der Waals surface area contributed by atoms with E-state index in [-0.39, 0.29) is 18.6 Å². The molecule has 1 aliphatic rings. The Bertz CT molecular complexity index is 1210. The molecule has 2 N–H and O–H groups in total. The van der Waals surface area contributed by atoms with Crippen molar-refractivity contribution in [3.8, 4) is 0 Å². The minimum absolute atomic E-state index is 0.144. The first kappa shape index (κ1) is 24.5. The first-order valence-electron chi connectivity index (χ1n) is 10.9. The maximum absolute atomic E-state index is 12.7. The van der Waals surface area contributed by atoms with Crippen molar-refractivity contribution in [2.45, 2.75) is 45.3 Å². The van der Waals surface area contributed by atoms with Gasteiger partial charge in [-0.05, 0) is 26.0 Å². The maximum atomic E-state index is 12.7. The molecule has 186 valence electrons. The highest BCUT2D eigenvalue weighted by atomic mass is 19.4. The number of hydrogen-bond donors (Lipinski definition) is 2. The molecule has 1 amide bonds. The summed E-state index contributed by atoms with van der Waals surface area (Å²) in [6.45, 7) is 4.35. The number of ether oxygens (including phenoxy) is 1. The number of nitrogens with zero attached hydrogens (tertiary/aromatic N) is 5. The molecule has 0 radical (unpaired) electrons. The minimum Gasteiger partial charge on any atom is -0.379 e. The molecule has 3 aromatic heterocycles. The number of pyridine rings is 2. The van der Waals surface area contributed by atoms with Crippen molar-refractivity contribution in [2.24, 2.45) is 0 Å². The summed E-state index contributed by atoms with van der Waals surface area (Å²) in [6, 6.07) is 3.75. The molecule has 0 saturated carbocycles. The van der Waals surface area contributed by atoms with Crippen molar-refractivity contribution >= 4 is 23.1 Å². The highest BCUT2D eigenvalue weighted by Crippen LogP contribution is 2.36. The second-order valence-electron chi connectivity index (χ2n) is 8.41. The maximum Gasteiger partial charge on any atom is 0.417 e. The van der Waals surface area contributed by atoms with Crippen LogP contribution in [-0.4, -0.2) is 52.0 Å². The van der Waals surface area contributed by atoms with Crippen LogP contribution in [0.25, 0.3) is 0 Å². The van der Waals surface area contributed by atoms with Gasteiger partial charge in [0, 0.05) is 44.7 Å². The number of alkyl halides is 3. The number of fused-ring (bicyclic) bond motifs is 1. The molecular weight excluding hydrogens is 463 g/mol. The van der Waals surface area contributed by atoms with Crippen molar-refractivity contribution in [1.82, 2.24) is 19.7 Å². The number of methoxy groups -OCH3 is 1. The molecule has 4 rings (SSSR count). The van der Waals surface area contributed by atoms with E-state index in [4.69, 9.17) is 4.74 Å². The summed E-state index contributed by atoms with van der Waals surface area (Å²) in [4.78, 5) is 22.9. The minimum atomic E-state index is -4.41. The van der Waals surface area contributed by atoms with Gasteiger partial charge in [-0.15, -0.1) is 0 Å². The van der Waals surface area contributed by atoms with Crippen molar-refractivity contribution in [3.63, 3.8) is 0 Å². The smallest absolute Gasteiger partial charge is 0.379 e. The van der Waals surface area contributed by atoms with Crippen LogP contribution in [0.2, 0.25) is 0 Å². The van der Waals surface area contributed by atoms with Gasteiger partial charge in [-0.3, -0.25) is 14.5 Å². The largest absolute Gasteiger partial charge is 0.417 e. The van der Waals surface area contributed by atoms with Gasteiger partial charge in [-0.25, -0.2) is 4.98 Å². The van der Waals surface area contributed by atoms with E-state index >= 15 is 0 Å². The second-order valence-corrected chi connectivity index (χ2v) is 8.41. The normalized spacial score (nSPS) is 16.6. The van der Waals surface area contributed by atoms with Crippen LogP contribution in [0.1, 0.15) is 29.4 Å². The van der Waals surface area contributed by atoms with Crippen molar-refractivity contribution in [1.29, 1.82) is 0 Å². The number of carbonyl (C=O) groups excluding carboxylic acids is 1. The van der Waals surface area contributed by atoms with Crippen LogP contribution in [0.4, 0.5) is 30.4 Å². The van der Waals surface area contributed by atoms with Gasteiger partial charge in [0.05, 0.1) is 47.2 Å². The number of likely N-dealkylation sites (N-methyl/N-ethyl adjacent to an activating group) is 1. The number of aromatic nitrogens is 4. The number of carbonyl (C=O) groups is 1. The fourth-order valence-corrected chi connectivity index (χ4v) is 3.99. The SMILES string of the molecule is CO[C@H](C)C1C(=O)Nc2c(cc(NCc3cnn(Cc4ccc(C(F)(F)F)cn4)c3)nc2C)N1C. The van der Waals surface area contributed by atoms with Crippen molar-refractivity contribution in [2.75, 3.05) is 29.7 Å². The number of nitrogens with one attached hydrogen (secondary N) is 2. The van der Waals surface area contributed by atoms with E-state index in [0.717, 1.165) is 23.5 Å². The topological polar surface area (TPSA) is 97.2 Å². The van der Waals surface area contributed by atoms with Gasteiger partial charge in [-0.1, -0.05) is 0 Å². The summed E-state index contributed by atoms with van der Waals surface area (Å²) in [7, 11) is 3.42. The molecule has 0 fully saturated rings. The molecular formula is C23H26F3N7O2. The van der Waals surface area contributed by atoms with Gasteiger partial charge >= 0.3 is 6.18 Å². The molecule has 12 heteroatoms. The zero-order valence-corrected chi connectivity index (χ0v) is 19.7. The van der Waals surface area contributed by atoms with Gasteiger partial charge < -0.3 is 20.3 Å². The van der Waals surface area contributed by atoms with Crippen LogP contribution >= 0.6 is 0 Å². The standard InChI is InChI=1S/C23H26F3N7O2/c1-13-20-18(32(3)21(14(2)35-4)22(34)31-20)7-19(30-13)28-8-15-9-29-33(11-15)12-17-6-5-16(10-27-17)23(24,25)26/h5-7,9-11,14,21H,8,12H2,1-4H3,(H,28,30)(H,31,34)/t14-,21?/m1/s1. The Hall–Kier alpha value is -3.67. The first-order valence-corrected chi connectivity index (χ1v) is 10.9. The van der Waals surface area contributed by atoms with Crippen molar-refractivity contribution in [3.05, 3.63) is 59.3 Å². The fraction of sp³-hybridized carbons (Fsp3) is 0.391. The van der Waals surface area contributed by atoms with Crippen LogP contribution in [0.5, 0.6) is 0 Å². The molecule has 3 aromatic rings. The summed E-state index contributed by atoms with van der Waals surface area (Å²) < 4.78 is 45.1. The van der Waals surface area contributed by atoms with Crippen LogP contribution in [-0.2, 0) is 28.8 Å². The Balaban J connectivity index is 1.43. The summed E-state index contributed by atoms with van der Waals surface area (Å²) in [6.07, 6.45) is -0.431. The molecule has 1 aliphatic heterocycles. The third-order valence-corrected chi connectivity index (χ3v) is 5.95. The monoisotopic (exact) mass is 489 g/mol. The lowest BCUT2D eigenvalue weighted by atomic mass is 10.0. The van der Waals surface area contributed by atoms with E-state index in [1.165, 1.54) is 6.07 Å². The van der Waals surface area contributed by atoms with Gasteiger partial charge in [0.25, 0.3) is 0 Å². The van der Waals surface area contributed by atoms with E-state index < -0.39 is 17.8 Å². The number of amides is 1. The third-order valence-electron chi connectivity index (χ3n) is 5.95. The lowest BCUT2D eigenvalue weighted by Crippen LogP contribution is -2.52. The molecule has 9 nitrogen and oxygen atoms in total. The zero-order chi connectivity index (χ0) is 25.3. The number of anilines is 3. The van der Waals surface area contributed by atoms with Gasteiger partial charge in [-0.2, -0.15) is 18.3 Å². The second kappa shape index (κ2) is 9.53. The predicted octanol–water partition coefficient (Wildman–Crippen LogP) is 3.45. The fourth-order valence-electron chi connectivity index (χ4n) is 3.99. The van der Waals surface area contributed by atoms with Gasteiger partial charge in [0.15, 0.2) is 0 Å². The molecule has 0 bridgehead atoms. The van der Waals surface area contributed by atoms with Crippen LogP contribution in [0.15, 0.2) is 36.8 Å². The number of halogens is 3. The Labute approximate surface area is 200 Å². The van der Waals surface area contributed by atoms with E-state index in [1.54, 1.807) is 24.2 Å². The van der Waals surface area contributed by atoms with E-state index in [9.17, 15) is 18.0 Å². The summed E-state index contributed by atoms with van der Waals surface area (Å²) in [5.74, 6) is 0.486. The lowest BCUT2D eigenvalue weighted by Gasteiger charge is -2.38. The number of hydrogen-bond acceptors (Lipinski definition) is 7. The number of rotatable bonds is 7. The summed E-state index contributed by atoms with van der Waals surface area (Å²) >= 11 is 0. The Kier molecular flexibility index (Phi) is 6.66. The molecule has 0 spiro atoms.